The molecule has 0 spiro atoms. The molecule has 0 unspecified atom stereocenters. The summed E-state index contributed by atoms with van der Waals surface area (Å²) in [6.45, 7) is 5.70. The maximum absolute atomic E-state index is 11.5. The van der Waals surface area contributed by atoms with E-state index in [-0.39, 0.29) is 5.91 Å². The highest BCUT2D eigenvalue weighted by molar-refractivity contribution is 7.22. The Labute approximate surface area is 109 Å². The minimum atomic E-state index is -0.551. The van der Waals surface area contributed by atoms with Crippen LogP contribution in [0.1, 0.15) is 18.1 Å². The Morgan fingerprint density at radius 2 is 2.18 bits per heavy atom. The summed E-state index contributed by atoms with van der Waals surface area (Å²) in [5.74, 6) is -0.222. The van der Waals surface area contributed by atoms with E-state index in [4.69, 9.17) is 11.6 Å². The second-order valence-electron chi connectivity index (χ2n) is 4.05. The van der Waals surface area contributed by atoms with Gasteiger partial charge in [0.1, 0.15) is 5.38 Å². The van der Waals surface area contributed by atoms with Crippen molar-refractivity contribution in [2.45, 2.75) is 26.1 Å². The highest BCUT2D eigenvalue weighted by atomic mass is 35.5. The molecule has 3 nitrogen and oxygen atoms in total. The zero-order valence-corrected chi connectivity index (χ0v) is 11.4. The van der Waals surface area contributed by atoms with Crippen LogP contribution in [-0.4, -0.2) is 16.3 Å². The van der Waals surface area contributed by atoms with Crippen molar-refractivity contribution in [2.24, 2.45) is 0 Å². The van der Waals surface area contributed by atoms with Crippen molar-refractivity contribution in [3.63, 3.8) is 0 Å². The number of hydrogen-bond donors (Lipinski definition) is 1. The lowest BCUT2D eigenvalue weighted by atomic mass is 10.1. The summed E-state index contributed by atoms with van der Waals surface area (Å²) < 4.78 is 1.08. The Balaban J connectivity index is 2.38. The van der Waals surface area contributed by atoms with Crippen LogP contribution < -0.4 is 5.32 Å². The number of carbonyl (C=O) groups is 1. The van der Waals surface area contributed by atoms with E-state index in [1.165, 1.54) is 16.9 Å². The van der Waals surface area contributed by atoms with E-state index < -0.39 is 5.38 Å². The minimum absolute atomic E-state index is 0.222. The summed E-state index contributed by atoms with van der Waals surface area (Å²) in [5.41, 5.74) is 3.26. The van der Waals surface area contributed by atoms with Crippen molar-refractivity contribution in [1.82, 2.24) is 4.98 Å². The lowest BCUT2D eigenvalue weighted by molar-refractivity contribution is -0.115. The molecule has 0 aliphatic carbocycles. The molecule has 0 aliphatic rings. The third-order valence-electron chi connectivity index (χ3n) is 2.42. The first kappa shape index (κ1) is 12.3. The summed E-state index contributed by atoms with van der Waals surface area (Å²) in [6, 6.07) is 4.15. The Morgan fingerprint density at radius 3 is 2.82 bits per heavy atom. The number of aromatic nitrogens is 1. The van der Waals surface area contributed by atoms with E-state index in [1.807, 2.05) is 13.8 Å². The fourth-order valence-electron chi connectivity index (χ4n) is 1.63. The lowest BCUT2D eigenvalue weighted by Crippen LogP contribution is -2.19. The van der Waals surface area contributed by atoms with Crippen LogP contribution in [0, 0.1) is 13.8 Å². The van der Waals surface area contributed by atoms with Crippen LogP contribution >= 0.6 is 22.9 Å². The number of nitrogens with zero attached hydrogens (tertiary/aromatic N) is 1. The monoisotopic (exact) mass is 268 g/mol. The molecule has 1 atom stereocenters. The van der Waals surface area contributed by atoms with Crippen LogP contribution in [0.3, 0.4) is 0 Å². The fraction of sp³-hybridized carbons (Fsp3) is 0.333. The first-order chi connectivity index (χ1) is 7.97. The topological polar surface area (TPSA) is 42.0 Å². The fourth-order valence-corrected chi connectivity index (χ4v) is 2.73. The molecule has 2 aromatic rings. The Morgan fingerprint density at radius 1 is 1.47 bits per heavy atom. The normalized spacial score (nSPS) is 12.7. The number of hydrogen-bond acceptors (Lipinski definition) is 3. The predicted molar refractivity (Wildman–Crippen MR) is 73.0 cm³/mol. The largest absolute Gasteiger partial charge is 0.301 e. The molecule has 17 heavy (non-hydrogen) atoms. The van der Waals surface area contributed by atoms with Gasteiger partial charge >= 0.3 is 0 Å². The van der Waals surface area contributed by atoms with Gasteiger partial charge in [0, 0.05) is 0 Å². The zero-order valence-electron chi connectivity index (χ0n) is 9.87. The molecule has 1 amide bonds. The van der Waals surface area contributed by atoms with Gasteiger partial charge in [0.15, 0.2) is 5.13 Å². The van der Waals surface area contributed by atoms with Crippen LogP contribution in [0.5, 0.6) is 0 Å². The molecule has 2 rings (SSSR count). The average Bonchev–Trinajstić information content (AvgIpc) is 2.60. The molecule has 0 fully saturated rings. The van der Waals surface area contributed by atoms with E-state index in [0.717, 1.165) is 15.8 Å². The number of carbonyl (C=O) groups excluding carboxylic acids is 1. The number of amides is 1. The van der Waals surface area contributed by atoms with Crippen LogP contribution in [0.25, 0.3) is 10.2 Å². The van der Waals surface area contributed by atoms with Gasteiger partial charge in [0.25, 0.3) is 0 Å². The standard InChI is InChI=1S/C12H13ClN2OS/c1-6-4-7(2)10-9(5-6)17-12(14-10)15-11(16)8(3)13/h4-5,8H,1-3H3,(H,14,15,16)/t8-/m0/s1. The number of fused-ring (bicyclic) bond motifs is 1. The van der Waals surface area contributed by atoms with E-state index in [9.17, 15) is 4.79 Å². The molecule has 0 saturated carbocycles. The Bertz CT molecular complexity index is 577. The molecule has 0 aliphatic heterocycles. The molecule has 90 valence electrons. The molecule has 1 heterocycles. The van der Waals surface area contributed by atoms with Crippen LogP contribution in [0.2, 0.25) is 0 Å². The molecular weight excluding hydrogens is 256 g/mol. The molecule has 1 aromatic carbocycles. The van der Waals surface area contributed by atoms with Gasteiger partial charge in [-0.15, -0.1) is 11.6 Å². The number of benzene rings is 1. The van der Waals surface area contributed by atoms with Gasteiger partial charge in [-0.05, 0) is 38.0 Å². The van der Waals surface area contributed by atoms with Crippen LogP contribution in [-0.2, 0) is 4.79 Å². The van der Waals surface area contributed by atoms with Gasteiger partial charge in [0.2, 0.25) is 5.91 Å². The summed E-state index contributed by atoms with van der Waals surface area (Å²) in [5, 5.41) is 2.77. The lowest BCUT2D eigenvalue weighted by Gasteiger charge is -2.01. The first-order valence-electron chi connectivity index (χ1n) is 5.30. The maximum atomic E-state index is 11.5. The number of nitrogens with one attached hydrogen (secondary N) is 1. The van der Waals surface area contributed by atoms with E-state index >= 15 is 0 Å². The van der Waals surface area contributed by atoms with Crippen molar-refractivity contribution in [3.8, 4) is 0 Å². The highest BCUT2D eigenvalue weighted by Gasteiger charge is 2.13. The number of alkyl halides is 1. The van der Waals surface area contributed by atoms with Gasteiger partial charge in [-0.25, -0.2) is 4.98 Å². The average molecular weight is 269 g/mol. The number of halogens is 1. The van der Waals surface area contributed by atoms with Gasteiger partial charge in [-0.1, -0.05) is 17.4 Å². The van der Waals surface area contributed by atoms with Crippen LogP contribution in [0.15, 0.2) is 12.1 Å². The summed E-state index contributed by atoms with van der Waals surface area (Å²) in [4.78, 5) is 15.9. The molecular formula is C12H13ClN2OS. The predicted octanol–water partition coefficient (Wildman–Crippen LogP) is 3.48. The third kappa shape index (κ3) is 2.58. The smallest absolute Gasteiger partial charge is 0.243 e. The Hall–Kier alpha value is -1.13. The number of thiazole rings is 1. The summed E-state index contributed by atoms with van der Waals surface area (Å²) >= 11 is 7.17. The second kappa shape index (κ2) is 4.63. The molecule has 1 N–H and O–H groups in total. The number of anilines is 1. The van der Waals surface area contributed by atoms with Gasteiger partial charge < -0.3 is 5.32 Å². The minimum Gasteiger partial charge on any atom is -0.301 e. The number of aryl methyl sites for hydroxylation is 2. The van der Waals surface area contributed by atoms with Gasteiger partial charge in [-0.3, -0.25) is 4.79 Å². The van der Waals surface area contributed by atoms with Crippen molar-refractivity contribution < 1.29 is 4.79 Å². The van der Waals surface area contributed by atoms with Crippen LogP contribution in [0.4, 0.5) is 5.13 Å². The van der Waals surface area contributed by atoms with E-state index in [1.54, 1.807) is 6.92 Å². The van der Waals surface area contributed by atoms with Crippen molar-refractivity contribution in [2.75, 3.05) is 5.32 Å². The molecule has 0 radical (unpaired) electrons. The van der Waals surface area contributed by atoms with Crippen molar-refractivity contribution in [3.05, 3.63) is 23.3 Å². The summed E-state index contributed by atoms with van der Waals surface area (Å²) in [6.07, 6.45) is 0. The second-order valence-corrected chi connectivity index (χ2v) is 5.74. The van der Waals surface area contributed by atoms with Gasteiger partial charge in [-0.2, -0.15) is 0 Å². The first-order valence-corrected chi connectivity index (χ1v) is 6.55. The van der Waals surface area contributed by atoms with Crippen molar-refractivity contribution >= 4 is 44.2 Å². The molecule has 0 saturated heterocycles. The third-order valence-corrected chi connectivity index (χ3v) is 3.54. The highest BCUT2D eigenvalue weighted by Crippen LogP contribution is 2.29. The zero-order chi connectivity index (χ0) is 12.6. The van der Waals surface area contributed by atoms with E-state index in [2.05, 4.69) is 22.4 Å². The molecule has 0 bridgehead atoms. The molecule has 1 aromatic heterocycles. The Kier molecular flexibility index (Phi) is 3.35. The molecule has 5 heteroatoms. The van der Waals surface area contributed by atoms with Crippen molar-refractivity contribution in [1.29, 1.82) is 0 Å². The van der Waals surface area contributed by atoms with E-state index in [0.29, 0.717) is 5.13 Å². The number of rotatable bonds is 2. The quantitative estimate of drug-likeness (QED) is 0.848. The SMILES string of the molecule is Cc1cc(C)c2nc(NC(=O)[C@H](C)Cl)sc2c1. The summed E-state index contributed by atoms with van der Waals surface area (Å²) in [7, 11) is 0. The maximum Gasteiger partial charge on any atom is 0.243 e. The van der Waals surface area contributed by atoms with Gasteiger partial charge in [0.05, 0.1) is 10.2 Å².